The van der Waals surface area contributed by atoms with Gasteiger partial charge in [-0.1, -0.05) is 11.8 Å². The van der Waals surface area contributed by atoms with Gasteiger partial charge in [-0.2, -0.15) is 5.10 Å². The lowest BCUT2D eigenvalue weighted by Gasteiger charge is -2.05. The van der Waals surface area contributed by atoms with E-state index in [1.54, 1.807) is 23.1 Å². The molecule has 7 nitrogen and oxygen atoms in total. The van der Waals surface area contributed by atoms with Crippen molar-refractivity contribution in [3.8, 4) is 5.69 Å². The van der Waals surface area contributed by atoms with Crippen LogP contribution in [-0.2, 0) is 0 Å². The summed E-state index contributed by atoms with van der Waals surface area (Å²) in [4.78, 5) is 16.0. The summed E-state index contributed by atoms with van der Waals surface area (Å²) >= 11 is 1.48. The second kappa shape index (κ2) is 5.86. The van der Waals surface area contributed by atoms with Gasteiger partial charge in [0.2, 0.25) is 0 Å². The number of benzene rings is 2. The van der Waals surface area contributed by atoms with Crippen molar-refractivity contribution in [3.63, 3.8) is 0 Å². The van der Waals surface area contributed by atoms with E-state index in [1.807, 2.05) is 24.3 Å². The number of nitrogens with two attached hydrogens (primary N) is 1. The molecule has 0 aliphatic heterocycles. The van der Waals surface area contributed by atoms with Crippen molar-refractivity contribution in [1.82, 2.24) is 14.8 Å². The summed E-state index contributed by atoms with van der Waals surface area (Å²) in [6.07, 6.45) is 3.10. The molecule has 0 saturated carbocycles. The highest BCUT2D eigenvalue weighted by molar-refractivity contribution is 7.99. The topological polar surface area (TPSA) is 99.9 Å². The van der Waals surface area contributed by atoms with E-state index in [4.69, 9.17) is 5.73 Å². The highest BCUT2D eigenvalue weighted by Crippen LogP contribution is 2.32. The monoisotopic (exact) mass is 313 g/mol. The Hall–Kier alpha value is -2.87. The summed E-state index contributed by atoms with van der Waals surface area (Å²) in [6.45, 7) is 0. The third kappa shape index (κ3) is 2.91. The van der Waals surface area contributed by atoms with Crippen molar-refractivity contribution in [2.75, 3.05) is 5.73 Å². The maximum atomic E-state index is 10.7. The number of anilines is 1. The fourth-order valence-electron chi connectivity index (χ4n) is 1.91. The molecule has 0 fully saturated rings. The third-order valence-electron chi connectivity index (χ3n) is 2.95. The van der Waals surface area contributed by atoms with Crippen LogP contribution in [0.2, 0.25) is 0 Å². The molecule has 0 atom stereocenters. The zero-order chi connectivity index (χ0) is 15.5. The predicted molar refractivity (Wildman–Crippen MR) is 83.0 cm³/mol. The van der Waals surface area contributed by atoms with Gasteiger partial charge in [-0.15, -0.1) is 0 Å². The number of nitrogen functional groups attached to an aromatic ring is 1. The van der Waals surface area contributed by atoms with Gasteiger partial charge >= 0.3 is 0 Å². The van der Waals surface area contributed by atoms with Crippen LogP contribution >= 0.6 is 11.8 Å². The Balaban J connectivity index is 1.79. The Morgan fingerprint density at radius 2 is 1.86 bits per heavy atom. The van der Waals surface area contributed by atoms with Crippen molar-refractivity contribution >= 4 is 23.1 Å². The Bertz CT molecular complexity index is 803. The number of hydrogen-bond acceptors (Lipinski definition) is 6. The van der Waals surface area contributed by atoms with E-state index in [9.17, 15) is 10.1 Å². The first-order valence-corrected chi connectivity index (χ1v) is 7.12. The number of nitrogens with zero attached hydrogens (tertiary/aromatic N) is 4. The third-order valence-corrected chi connectivity index (χ3v) is 3.95. The molecule has 0 unspecified atom stereocenters. The minimum atomic E-state index is -0.489. The first-order valence-electron chi connectivity index (χ1n) is 6.30. The first-order chi connectivity index (χ1) is 10.6. The van der Waals surface area contributed by atoms with E-state index in [0.29, 0.717) is 0 Å². The highest BCUT2D eigenvalue weighted by Gasteiger charge is 2.11. The molecular weight excluding hydrogens is 302 g/mol. The van der Waals surface area contributed by atoms with Crippen LogP contribution in [0.25, 0.3) is 5.69 Å². The van der Waals surface area contributed by atoms with E-state index in [2.05, 4.69) is 10.1 Å². The molecular formula is C14H11N5O2S. The van der Waals surface area contributed by atoms with Crippen LogP contribution in [0.15, 0.2) is 64.9 Å². The fourth-order valence-corrected chi connectivity index (χ4v) is 2.77. The lowest BCUT2D eigenvalue weighted by atomic mass is 10.3. The van der Waals surface area contributed by atoms with Crippen LogP contribution in [0.3, 0.4) is 0 Å². The molecule has 2 N–H and O–H groups in total. The summed E-state index contributed by atoms with van der Waals surface area (Å²) in [6, 6.07) is 12.4. The standard InChI is InChI=1S/C14H11N5O2S/c15-13-7-12(5-6-14(13)19(20)21)22-11-3-1-10(2-4-11)18-9-16-8-17-18/h1-9H,15H2. The van der Waals surface area contributed by atoms with Crippen LogP contribution in [-0.4, -0.2) is 19.7 Å². The van der Waals surface area contributed by atoms with Gasteiger partial charge < -0.3 is 5.73 Å². The van der Waals surface area contributed by atoms with Crippen molar-refractivity contribution < 1.29 is 4.92 Å². The van der Waals surface area contributed by atoms with Crippen LogP contribution in [0.1, 0.15) is 0 Å². The Morgan fingerprint density at radius 1 is 1.14 bits per heavy atom. The average molecular weight is 313 g/mol. The number of rotatable bonds is 4. The molecule has 2 aromatic carbocycles. The maximum absolute atomic E-state index is 10.7. The second-order valence-corrected chi connectivity index (χ2v) is 5.56. The van der Waals surface area contributed by atoms with Gasteiger partial charge in [-0.3, -0.25) is 10.1 Å². The van der Waals surface area contributed by atoms with E-state index in [-0.39, 0.29) is 11.4 Å². The fraction of sp³-hybridized carbons (Fsp3) is 0. The van der Waals surface area contributed by atoms with Crippen molar-refractivity contribution in [2.24, 2.45) is 0 Å². The number of nitro benzene ring substituents is 1. The molecule has 0 aliphatic rings. The minimum Gasteiger partial charge on any atom is -0.393 e. The smallest absolute Gasteiger partial charge is 0.292 e. The summed E-state index contributed by atoms with van der Waals surface area (Å²) in [5.74, 6) is 0. The number of hydrogen-bond donors (Lipinski definition) is 1. The molecule has 0 saturated heterocycles. The lowest BCUT2D eigenvalue weighted by Crippen LogP contribution is -1.95. The second-order valence-electron chi connectivity index (χ2n) is 4.41. The maximum Gasteiger partial charge on any atom is 0.292 e. The van der Waals surface area contributed by atoms with Crippen molar-refractivity contribution in [2.45, 2.75) is 9.79 Å². The van der Waals surface area contributed by atoms with Crippen LogP contribution in [0, 0.1) is 10.1 Å². The Morgan fingerprint density at radius 3 is 2.45 bits per heavy atom. The van der Waals surface area contributed by atoms with Gasteiger partial charge in [0.05, 0.1) is 10.6 Å². The molecule has 8 heteroatoms. The number of aromatic nitrogens is 3. The van der Waals surface area contributed by atoms with E-state index < -0.39 is 4.92 Å². The van der Waals surface area contributed by atoms with E-state index in [1.165, 1.54) is 24.2 Å². The summed E-state index contributed by atoms with van der Waals surface area (Å²) in [5.41, 5.74) is 6.68. The lowest BCUT2D eigenvalue weighted by molar-refractivity contribution is -0.383. The average Bonchev–Trinajstić information content (AvgIpc) is 3.02. The molecule has 1 aromatic heterocycles. The zero-order valence-electron chi connectivity index (χ0n) is 11.3. The van der Waals surface area contributed by atoms with Crippen LogP contribution in [0.4, 0.5) is 11.4 Å². The van der Waals surface area contributed by atoms with Crippen LogP contribution < -0.4 is 5.73 Å². The minimum absolute atomic E-state index is 0.0779. The van der Waals surface area contributed by atoms with E-state index >= 15 is 0 Å². The van der Waals surface area contributed by atoms with Crippen molar-refractivity contribution in [1.29, 1.82) is 0 Å². The van der Waals surface area contributed by atoms with Gasteiger partial charge in [0, 0.05) is 15.9 Å². The molecule has 0 spiro atoms. The molecule has 0 radical (unpaired) electrons. The molecule has 0 bridgehead atoms. The Kier molecular flexibility index (Phi) is 3.75. The summed E-state index contributed by atoms with van der Waals surface area (Å²) in [7, 11) is 0. The Labute approximate surface area is 129 Å². The van der Waals surface area contributed by atoms with E-state index in [0.717, 1.165) is 15.5 Å². The van der Waals surface area contributed by atoms with Gasteiger partial charge in [-0.05, 0) is 36.4 Å². The van der Waals surface area contributed by atoms with Crippen molar-refractivity contribution in [3.05, 3.63) is 65.2 Å². The SMILES string of the molecule is Nc1cc(Sc2ccc(-n3cncn3)cc2)ccc1[N+](=O)[O-]. The molecule has 0 aliphatic carbocycles. The molecule has 3 rings (SSSR count). The number of nitro groups is 1. The first kappa shape index (κ1) is 14.1. The van der Waals surface area contributed by atoms with Gasteiger partial charge in [0.1, 0.15) is 18.3 Å². The normalized spacial score (nSPS) is 10.5. The molecule has 22 heavy (non-hydrogen) atoms. The van der Waals surface area contributed by atoms with Gasteiger partial charge in [0.25, 0.3) is 5.69 Å². The van der Waals surface area contributed by atoms with Crippen LogP contribution in [0.5, 0.6) is 0 Å². The molecule has 110 valence electrons. The largest absolute Gasteiger partial charge is 0.393 e. The van der Waals surface area contributed by atoms with Gasteiger partial charge in [0.15, 0.2) is 0 Å². The molecule has 1 heterocycles. The summed E-state index contributed by atoms with van der Waals surface area (Å²) < 4.78 is 1.66. The predicted octanol–water partition coefficient (Wildman–Crippen LogP) is 2.91. The highest BCUT2D eigenvalue weighted by atomic mass is 32.2. The van der Waals surface area contributed by atoms with Gasteiger partial charge in [-0.25, -0.2) is 9.67 Å². The quantitative estimate of drug-likeness (QED) is 0.451. The summed E-state index contributed by atoms with van der Waals surface area (Å²) in [5, 5.41) is 14.8. The molecule has 0 amide bonds. The zero-order valence-corrected chi connectivity index (χ0v) is 12.1. The molecule has 3 aromatic rings.